The van der Waals surface area contributed by atoms with Gasteiger partial charge in [0.1, 0.15) is 0 Å². The molecule has 4 heteroatoms. The van der Waals surface area contributed by atoms with Gasteiger partial charge < -0.3 is 10.1 Å². The van der Waals surface area contributed by atoms with Crippen LogP contribution < -0.4 is 5.32 Å². The van der Waals surface area contributed by atoms with Crippen LogP contribution in [-0.2, 0) is 4.74 Å². The molecule has 0 aliphatic carbocycles. The molecule has 1 aromatic carbocycles. The number of likely N-dealkylation sites (N-methyl/N-ethyl adjacent to an activating group) is 1. The number of ether oxygens (including phenoxy) is 1. The Morgan fingerprint density at radius 1 is 1.44 bits per heavy atom. The number of hydrogen-bond donors (Lipinski definition) is 1. The van der Waals surface area contributed by atoms with Crippen LogP contribution in [0.2, 0.25) is 5.02 Å². The normalized spacial score (nSPS) is 13.1. The molecular weight excluding hydrogens is 289 g/mol. The molecule has 0 radical (unpaired) electrons. The van der Waals surface area contributed by atoms with Gasteiger partial charge in [0.05, 0.1) is 23.8 Å². The third kappa shape index (κ3) is 4.06. The topological polar surface area (TPSA) is 21.3 Å². The Morgan fingerprint density at radius 2 is 2.12 bits per heavy atom. The molecule has 0 aromatic heterocycles. The average Bonchev–Trinajstić information content (AvgIpc) is 2.23. The van der Waals surface area contributed by atoms with Crippen LogP contribution in [-0.4, -0.2) is 19.8 Å². The zero-order chi connectivity index (χ0) is 12.1. The van der Waals surface area contributed by atoms with Crippen molar-refractivity contribution < 1.29 is 4.74 Å². The Balaban J connectivity index is 2.74. The molecule has 1 atom stereocenters. The summed E-state index contributed by atoms with van der Waals surface area (Å²) in [5.74, 6) is 0. The van der Waals surface area contributed by atoms with Crippen LogP contribution in [0, 0.1) is 0 Å². The van der Waals surface area contributed by atoms with E-state index < -0.39 is 0 Å². The quantitative estimate of drug-likeness (QED) is 0.893. The SMILES string of the molecule is CNC(COC(C)C)c1ccc(Br)c(Cl)c1. The summed E-state index contributed by atoms with van der Waals surface area (Å²) < 4.78 is 6.52. The van der Waals surface area contributed by atoms with Crippen LogP contribution in [0.25, 0.3) is 0 Å². The van der Waals surface area contributed by atoms with Gasteiger partial charge in [-0.05, 0) is 54.5 Å². The molecule has 2 nitrogen and oxygen atoms in total. The first-order valence-electron chi connectivity index (χ1n) is 5.28. The van der Waals surface area contributed by atoms with Crippen LogP contribution in [0.15, 0.2) is 22.7 Å². The van der Waals surface area contributed by atoms with Crippen molar-refractivity contribution in [3.05, 3.63) is 33.3 Å². The molecule has 16 heavy (non-hydrogen) atoms. The lowest BCUT2D eigenvalue weighted by Crippen LogP contribution is -2.23. The van der Waals surface area contributed by atoms with Gasteiger partial charge in [-0.25, -0.2) is 0 Å². The molecule has 1 rings (SSSR count). The fraction of sp³-hybridized carbons (Fsp3) is 0.500. The summed E-state index contributed by atoms with van der Waals surface area (Å²) in [7, 11) is 1.92. The van der Waals surface area contributed by atoms with E-state index in [1.54, 1.807) is 0 Å². The van der Waals surface area contributed by atoms with E-state index in [0.29, 0.717) is 6.61 Å². The average molecular weight is 307 g/mol. The standard InChI is InChI=1S/C12H17BrClNO/c1-8(2)16-7-12(15-3)9-4-5-10(13)11(14)6-9/h4-6,8,12,15H,7H2,1-3H3. The summed E-state index contributed by atoms with van der Waals surface area (Å²) in [6, 6.07) is 6.13. The van der Waals surface area contributed by atoms with Crippen molar-refractivity contribution >= 4 is 27.5 Å². The third-order valence-electron chi connectivity index (χ3n) is 2.29. The predicted molar refractivity (Wildman–Crippen MR) is 72.0 cm³/mol. The molecule has 0 amide bonds. The molecule has 0 bridgehead atoms. The molecule has 0 heterocycles. The Morgan fingerprint density at radius 3 is 2.62 bits per heavy atom. The minimum Gasteiger partial charge on any atom is -0.377 e. The fourth-order valence-corrected chi connectivity index (χ4v) is 1.80. The van der Waals surface area contributed by atoms with E-state index in [1.165, 1.54) is 0 Å². The first-order valence-corrected chi connectivity index (χ1v) is 6.45. The molecule has 0 saturated carbocycles. The first kappa shape index (κ1) is 14.0. The highest BCUT2D eigenvalue weighted by Crippen LogP contribution is 2.26. The highest BCUT2D eigenvalue weighted by molar-refractivity contribution is 9.10. The molecule has 0 aliphatic rings. The summed E-state index contributed by atoms with van der Waals surface area (Å²) in [4.78, 5) is 0. The van der Waals surface area contributed by atoms with Gasteiger partial charge in [-0.1, -0.05) is 17.7 Å². The number of rotatable bonds is 5. The van der Waals surface area contributed by atoms with E-state index in [1.807, 2.05) is 39.1 Å². The molecule has 0 aliphatic heterocycles. The van der Waals surface area contributed by atoms with Gasteiger partial charge in [-0.15, -0.1) is 0 Å². The second-order valence-corrected chi connectivity index (χ2v) is 5.16. The molecular formula is C12H17BrClNO. The predicted octanol–water partition coefficient (Wildman–Crippen LogP) is 3.79. The van der Waals surface area contributed by atoms with Crippen molar-refractivity contribution in [2.75, 3.05) is 13.7 Å². The smallest absolute Gasteiger partial charge is 0.0664 e. The molecule has 0 saturated heterocycles. The Bertz CT molecular complexity index is 344. The van der Waals surface area contributed by atoms with Crippen LogP contribution in [0.3, 0.4) is 0 Å². The number of benzene rings is 1. The number of nitrogens with one attached hydrogen (secondary N) is 1. The largest absolute Gasteiger partial charge is 0.377 e. The summed E-state index contributed by atoms with van der Waals surface area (Å²) in [5.41, 5.74) is 1.14. The third-order valence-corrected chi connectivity index (χ3v) is 3.52. The highest BCUT2D eigenvalue weighted by atomic mass is 79.9. The number of hydrogen-bond acceptors (Lipinski definition) is 2. The monoisotopic (exact) mass is 305 g/mol. The minimum absolute atomic E-state index is 0.174. The van der Waals surface area contributed by atoms with Crippen LogP contribution in [0.1, 0.15) is 25.5 Å². The zero-order valence-corrected chi connectivity index (χ0v) is 12.1. The van der Waals surface area contributed by atoms with Crippen molar-refractivity contribution in [1.82, 2.24) is 5.32 Å². The Labute approximate surface area is 110 Å². The van der Waals surface area contributed by atoms with E-state index in [0.717, 1.165) is 15.1 Å². The fourth-order valence-electron chi connectivity index (χ4n) is 1.36. The molecule has 1 unspecified atom stereocenters. The second kappa shape index (κ2) is 6.60. The van der Waals surface area contributed by atoms with E-state index in [2.05, 4.69) is 21.2 Å². The van der Waals surface area contributed by atoms with Crippen molar-refractivity contribution in [2.45, 2.75) is 26.0 Å². The summed E-state index contributed by atoms with van der Waals surface area (Å²) in [6.07, 6.45) is 0.238. The second-order valence-electron chi connectivity index (χ2n) is 3.90. The van der Waals surface area contributed by atoms with E-state index >= 15 is 0 Å². The van der Waals surface area contributed by atoms with Crippen molar-refractivity contribution in [3.63, 3.8) is 0 Å². The van der Waals surface area contributed by atoms with Gasteiger partial charge in [0.2, 0.25) is 0 Å². The van der Waals surface area contributed by atoms with Crippen LogP contribution in [0.4, 0.5) is 0 Å². The maximum Gasteiger partial charge on any atom is 0.0664 e. The van der Waals surface area contributed by atoms with Gasteiger partial charge in [0.25, 0.3) is 0 Å². The molecule has 0 spiro atoms. The highest BCUT2D eigenvalue weighted by Gasteiger charge is 2.11. The van der Waals surface area contributed by atoms with E-state index in [4.69, 9.17) is 16.3 Å². The van der Waals surface area contributed by atoms with E-state index in [9.17, 15) is 0 Å². The number of halogens is 2. The maximum atomic E-state index is 6.06. The first-order chi connectivity index (χ1) is 7.54. The summed E-state index contributed by atoms with van der Waals surface area (Å²) >= 11 is 9.44. The molecule has 0 fully saturated rings. The van der Waals surface area contributed by atoms with Crippen molar-refractivity contribution in [3.8, 4) is 0 Å². The van der Waals surface area contributed by atoms with Gasteiger partial charge in [0, 0.05) is 4.47 Å². The van der Waals surface area contributed by atoms with E-state index in [-0.39, 0.29) is 12.1 Å². The molecule has 1 N–H and O–H groups in total. The van der Waals surface area contributed by atoms with Gasteiger partial charge in [0.15, 0.2) is 0 Å². The van der Waals surface area contributed by atoms with Crippen LogP contribution in [0.5, 0.6) is 0 Å². The van der Waals surface area contributed by atoms with Gasteiger partial charge in [-0.3, -0.25) is 0 Å². The van der Waals surface area contributed by atoms with Crippen molar-refractivity contribution in [2.24, 2.45) is 0 Å². The minimum atomic E-state index is 0.174. The summed E-state index contributed by atoms with van der Waals surface area (Å²) in [5, 5.41) is 3.95. The molecule has 90 valence electrons. The summed E-state index contributed by atoms with van der Waals surface area (Å²) in [6.45, 7) is 4.70. The van der Waals surface area contributed by atoms with Crippen molar-refractivity contribution in [1.29, 1.82) is 0 Å². The maximum absolute atomic E-state index is 6.06. The van der Waals surface area contributed by atoms with Crippen LogP contribution >= 0.6 is 27.5 Å². The zero-order valence-electron chi connectivity index (χ0n) is 9.76. The lowest BCUT2D eigenvalue weighted by atomic mass is 10.1. The lowest BCUT2D eigenvalue weighted by Gasteiger charge is -2.19. The van der Waals surface area contributed by atoms with Gasteiger partial charge >= 0.3 is 0 Å². The molecule has 1 aromatic rings. The van der Waals surface area contributed by atoms with Gasteiger partial charge in [-0.2, -0.15) is 0 Å². The Kier molecular flexibility index (Phi) is 5.76. The Hall–Kier alpha value is -0.0900. The lowest BCUT2D eigenvalue weighted by molar-refractivity contribution is 0.0626.